The number of allylic oxidation sites excluding steroid dienone is 1. The van der Waals surface area contributed by atoms with Crippen molar-refractivity contribution in [1.82, 2.24) is 0 Å². The summed E-state index contributed by atoms with van der Waals surface area (Å²) < 4.78 is 0. The minimum absolute atomic E-state index is 0.113. The normalized spacial score (nSPS) is 20.5. The van der Waals surface area contributed by atoms with Crippen LogP contribution in [0.1, 0.15) is 0 Å². The van der Waals surface area contributed by atoms with E-state index in [4.69, 9.17) is 0 Å². The van der Waals surface area contributed by atoms with E-state index in [9.17, 15) is 10.1 Å². The maximum absolute atomic E-state index is 10.3. The van der Waals surface area contributed by atoms with Crippen molar-refractivity contribution < 1.29 is 15.8 Å². The highest BCUT2D eigenvalue weighted by Crippen LogP contribution is 1.98. The molecule has 0 atom stereocenters. The minimum Gasteiger partial charge on any atom is -0.357 e. The van der Waals surface area contributed by atoms with Crippen LogP contribution in [0.15, 0.2) is 21.6 Å². The van der Waals surface area contributed by atoms with Gasteiger partial charge in [-0.15, -0.1) is 0 Å². The molecule has 0 bridgehead atoms. The molecule has 0 spiro atoms. The van der Waals surface area contributed by atoms with Gasteiger partial charge < -0.3 is 10.1 Å². The zero-order valence-corrected chi connectivity index (χ0v) is 5.39. The third-order valence-corrected chi connectivity index (χ3v) is 1.47. The third kappa shape index (κ3) is 0.751. The van der Waals surface area contributed by atoms with E-state index in [0.29, 0.717) is 5.70 Å². The molecule has 2 aliphatic rings. The lowest BCUT2D eigenvalue weighted by Gasteiger charge is -1.86. The van der Waals surface area contributed by atoms with Gasteiger partial charge in [0.1, 0.15) is 0 Å². The van der Waals surface area contributed by atoms with Gasteiger partial charge in [-0.25, -0.2) is 0 Å². The van der Waals surface area contributed by atoms with Crippen LogP contribution in [0.2, 0.25) is 0 Å². The Labute approximate surface area is 60.6 Å². The first kappa shape index (κ1) is 6.13. The van der Waals surface area contributed by atoms with Crippen LogP contribution in [0, 0.1) is 10.1 Å². The Hall–Kier alpha value is -1.60. The van der Waals surface area contributed by atoms with Crippen LogP contribution in [0.5, 0.6) is 0 Å². The molecule has 0 unspecified atom stereocenters. The molecular formula is C4H5N5O2+2. The summed E-state index contributed by atoms with van der Waals surface area (Å²) in [7, 11) is 0. The molecule has 0 saturated heterocycles. The standard InChI is InChI=1S/C4H3N5O2/c10-9(11)4-3-2(6-8-4)1-5-7-3/h1H,(H,5,7)(H,6,8)/p+2. The van der Waals surface area contributed by atoms with Gasteiger partial charge in [0.2, 0.25) is 0 Å². The second-order valence-electron chi connectivity index (χ2n) is 2.12. The van der Waals surface area contributed by atoms with Crippen molar-refractivity contribution in [3.8, 4) is 0 Å². The lowest BCUT2D eigenvalue weighted by atomic mass is 10.3. The molecule has 2 rings (SSSR count). The Morgan fingerprint density at radius 3 is 3.09 bits per heavy atom. The average Bonchev–Trinajstić information content (AvgIpc) is 2.41. The average molecular weight is 155 g/mol. The number of rotatable bonds is 0. The fourth-order valence-electron chi connectivity index (χ4n) is 0.972. The molecule has 0 aromatic carbocycles. The van der Waals surface area contributed by atoms with Gasteiger partial charge in [0, 0.05) is 0 Å². The van der Waals surface area contributed by atoms with E-state index in [1.165, 1.54) is 10.9 Å². The Balaban J connectivity index is 2.35. The number of nitrogens with two attached hydrogens (primary N) is 2. The molecule has 0 aromatic heterocycles. The fraction of sp³-hybridized carbons (Fsp3) is 0. The predicted octanol–water partition coefficient (Wildman–Crippen LogP) is -3.07. The summed E-state index contributed by atoms with van der Waals surface area (Å²) in [6.45, 7) is 0. The first-order valence-corrected chi connectivity index (χ1v) is 2.95. The lowest BCUT2D eigenvalue weighted by molar-refractivity contribution is -0.621. The number of quaternary nitrogens is 2. The van der Waals surface area contributed by atoms with Crippen molar-refractivity contribution in [2.24, 2.45) is 10.2 Å². The summed E-state index contributed by atoms with van der Waals surface area (Å²) in [5.74, 6) is -0.113. The first-order chi connectivity index (χ1) is 5.29. The highest BCUT2D eigenvalue weighted by atomic mass is 16.6. The van der Waals surface area contributed by atoms with Crippen LogP contribution in [-0.2, 0) is 0 Å². The molecule has 4 N–H and O–H groups in total. The Bertz CT molecular complexity index is 314. The second-order valence-corrected chi connectivity index (χ2v) is 2.12. The second kappa shape index (κ2) is 1.94. The monoisotopic (exact) mass is 155 g/mol. The molecule has 0 amide bonds. The van der Waals surface area contributed by atoms with E-state index in [0.717, 1.165) is 5.70 Å². The van der Waals surface area contributed by atoms with Crippen molar-refractivity contribution in [3.05, 3.63) is 21.5 Å². The predicted molar refractivity (Wildman–Crippen MR) is 33.8 cm³/mol. The Kier molecular flexibility index (Phi) is 1.08. The largest absolute Gasteiger partial charge is 0.493 e. The number of hydrogen-bond acceptors (Lipinski definition) is 4. The Morgan fingerprint density at radius 1 is 1.55 bits per heavy atom. The zero-order chi connectivity index (χ0) is 7.84. The van der Waals surface area contributed by atoms with E-state index in [2.05, 4.69) is 10.2 Å². The van der Waals surface area contributed by atoms with Crippen molar-refractivity contribution in [3.63, 3.8) is 0 Å². The lowest BCUT2D eigenvalue weighted by Crippen LogP contribution is -2.77. The van der Waals surface area contributed by atoms with Crippen molar-refractivity contribution in [2.75, 3.05) is 0 Å². The van der Waals surface area contributed by atoms with E-state index < -0.39 is 4.92 Å². The molecule has 2 aliphatic heterocycles. The number of amidine groups is 1. The minimum atomic E-state index is -0.510. The summed E-state index contributed by atoms with van der Waals surface area (Å²) in [5, 5.41) is 17.7. The SMILES string of the molecule is O=[N+]([O-])C1=N[NH2+]C2=C1[NH2+]N=C2. The van der Waals surface area contributed by atoms with Gasteiger partial charge in [0.15, 0.2) is 11.3 Å². The van der Waals surface area contributed by atoms with Crippen molar-refractivity contribution in [1.29, 1.82) is 0 Å². The quantitative estimate of drug-likeness (QED) is 0.220. The van der Waals surface area contributed by atoms with Crippen molar-refractivity contribution >= 4 is 12.1 Å². The summed E-state index contributed by atoms with van der Waals surface area (Å²) >= 11 is 0. The van der Waals surface area contributed by atoms with Gasteiger partial charge in [-0.05, 0) is 4.92 Å². The van der Waals surface area contributed by atoms with Crippen LogP contribution in [0.4, 0.5) is 0 Å². The number of nitro groups is 1. The molecule has 7 nitrogen and oxygen atoms in total. The van der Waals surface area contributed by atoms with Gasteiger partial charge in [-0.2, -0.15) is 5.43 Å². The molecule has 56 valence electrons. The molecular weight excluding hydrogens is 150 g/mol. The number of hydrogen-bond donors (Lipinski definition) is 2. The van der Waals surface area contributed by atoms with Crippen molar-refractivity contribution in [2.45, 2.75) is 0 Å². The maximum atomic E-state index is 10.3. The molecule has 11 heavy (non-hydrogen) atoms. The summed E-state index contributed by atoms with van der Waals surface area (Å²) in [6.07, 6.45) is 1.55. The van der Waals surface area contributed by atoms with Gasteiger partial charge >= 0.3 is 11.5 Å². The summed E-state index contributed by atoms with van der Waals surface area (Å²) in [4.78, 5) is 9.78. The maximum Gasteiger partial charge on any atom is 0.493 e. The van der Waals surface area contributed by atoms with Crippen LogP contribution >= 0.6 is 0 Å². The smallest absolute Gasteiger partial charge is 0.357 e. The van der Waals surface area contributed by atoms with E-state index >= 15 is 0 Å². The fourth-order valence-corrected chi connectivity index (χ4v) is 0.972. The van der Waals surface area contributed by atoms with E-state index in [1.807, 2.05) is 0 Å². The van der Waals surface area contributed by atoms with E-state index in [1.54, 1.807) is 6.21 Å². The summed E-state index contributed by atoms with van der Waals surface area (Å²) in [6, 6.07) is 0. The number of nitrogens with zero attached hydrogens (tertiary/aromatic N) is 3. The highest BCUT2D eigenvalue weighted by Gasteiger charge is 2.42. The van der Waals surface area contributed by atoms with E-state index in [-0.39, 0.29) is 5.84 Å². The van der Waals surface area contributed by atoms with Crippen LogP contribution in [0.3, 0.4) is 0 Å². The summed E-state index contributed by atoms with van der Waals surface area (Å²) in [5.41, 5.74) is 4.12. The molecule has 0 aromatic rings. The van der Waals surface area contributed by atoms with Gasteiger partial charge in [-0.1, -0.05) is 10.5 Å². The van der Waals surface area contributed by atoms with Crippen LogP contribution in [-0.4, -0.2) is 17.0 Å². The first-order valence-electron chi connectivity index (χ1n) is 2.95. The molecule has 2 heterocycles. The van der Waals surface area contributed by atoms with Gasteiger partial charge in [0.05, 0.1) is 0 Å². The molecule has 0 fully saturated rings. The van der Waals surface area contributed by atoms with Crippen LogP contribution < -0.4 is 10.9 Å². The van der Waals surface area contributed by atoms with Gasteiger partial charge in [-0.3, -0.25) is 0 Å². The Morgan fingerprint density at radius 2 is 2.36 bits per heavy atom. The highest BCUT2D eigenvalue weighted by molar-refractivity contribution is 5.97. The molecule has 0 saturated carbocycles. The van der Waals surface area contributed by atoms with Gasteiger partial charge in [0.25, 0.3) is 5.70 Å². The molecule has 0 radical (unpaired) electrons. The third-order valence-electron chi connectivity index (χ3n) is 1.47. The molecule has 7 heteroatoms. The molecule has 0 aliphatic carbocycles. The topological polar surface area (TPSA) is 101 Å². The van der Waals surface area contributed by atoms with Crippen LogP contribution in [0.25, 0.3) is 0 Å². The zero-order valence-electron chi connectivity index (χ0n) is 5.39.